The summed E-state index contributed by atoms with van der Waals surface area (Å²) in [5, 5.41) is 0. The van der Waals surface area contributed by atoms with Gasteiger partial charge in [-0.3, -0.25) is 4.99 Å². The Morgan fingerprint density at radius 1 is 1.18 bits per heavy atom. The molecule has 2 N–H and O–H groups in total. The van der Waals surface area contributed by atoms with E-state index in [1.165, 1.54) is 11.1 Å². The first-order chi connectivity index (χ1) is 15.8. The molecule has 0 fully saturated rings. The van der Waals surface area contributed by atoms with E-state index in [1.807, 2.05) is 25.2 Å². The maximum absolute atomic E-state index is 6.17. The summed E-state index contributed by atoms with van der Waals surface area (Å²) in [6.45, 7) is 24.6. The third kappa shape index (κ3) is 10.3. The second kappa shape index (κ2) is 13.0. The maximum Gasteiger partial charge on any atom is 0.0875 e. The normalized spacial score (nSPS) is 14.4. The van der Waals surface area contributed by atoms with Crippen LogP contribution < -0.4 is 5.73 Å². The Kier molecular flexibility index (Phi) is 11.1. The molecule has 0 radical (unpaired) electrons. The van der Waals surface area contributed by atoms with E-state index in [1.54, 1.807) is 0 Å². The molecule has 0 heterocycles. The van der Waals surface area contributed by atoms with Gasteiger partial charge in [0.2, 0.25) is 0 Å². The molecule has 0 amide bonds. The van der Waals surface area contributed by atoms with Crippen LogP contribution in [0, 0.1) is 36.0 Å². The first-order valence-corrected chi connectivity index (χ1v) is 12.0. The topological polar surface area (TPSA) is 41.6 Å². The first-order valence-electron chi connectivity index (χ1n) is 12.0. The summed E-state index contributed by atoms with van der Waals surface area (Å²) < 4.78 is 0. The summed E-state index contributed by atoms with van der Waals surface area (Å²) in [4.78, 5) is 6.78. The standard InChI is InChI=1S/C31H45N3/c1-11-14-26(28(32)12-2)22-34(21-25-17-15-24(4)16-18-25)23-29(33-10)27(19-30(5,6)7)20-31(8,9)13-3/h2,11,13-18,23,27H,3,10,19-22,32H2,1,4-9H3/b14-11-,28-26+,29-23-. The van der Waals surface area contributed by atoms with Crippen molar-refractivity contribution in [3.05, 3.63) is 83.4 Å². The molecule has 184 valence electrons. The minimum Gasteiger partial charge on any atom is -0.392 e. The number of nitrogens with zero attached hydrogens (tertiary/aromatic N) is 2. The molecule has 3 nitrogen and oxygen atoms in total. The third-order valence-corrected chi connectivity index (χ3v) is 5.85. The minimum atomic E-state index is -0.00854. The number of hydrogen-bond donors (Lipinski definition) is 1. The molecule has 0 bridgehead atoms. The quantitative estimate of drug-likeness (QED) is 0.153. The fourth-order valence-electron chi connectivity index (χ4n) is 4.02. The van der Waals surface area contributed by atoms with Crippen molar-refractivity contribution in [2.75, 3.05) is 6.54 Å². The van der Waals surface area contributed by atoms with Crippen molar-refractivity contribution in [1.82, 2.24) is 4.90 Å². The van der Waals surface area contributed by atoms with Gasteiger partial charge in [0, 0.05) is 30.8 Å². The van der Waals surface area contributed by atoms with Crippen LogP contribution in [0.3, 0.4) is 0 Å². The maximum atomic E-state index is 6.17. The van der Waals surface area contributed by atoms with E-state index < -0.39 is 0 Å². The minimum absolute atomic E-state index is 0.00854. The van der Waals surface area contributed by atoms with Crippen LogP contribution in [0.2, 0.25) is 0 Å². The number of terminal acetylenes is 1. The van der Waals surface area contributed by atoms with Crippen molar-refractivity contribution in [2.24, 2.45) is 27.5 Å². The Hall–Kier alpha value is -2.99. The van der Waals surface area contributed by atoms with E-state index in [9.17, 15) is 0 Å². The van der Waals surface area contributed by atoms with E-state index in [4.69, 9.17) is 12.2 Å². The van der Waals surface area contributed by atoms with Gasteiger partial charge in [-0.1, -0.05) is 88.6 Å². The van der Waals surface area contributed by atoms with Gasteiger partial charge in [0.25, 0.3) is 0 Å². The number of nitrogens with two attached hydrogens (primary N) is 1. The Labute approximate surface area is 209 Å². The van der Waals surface area contributed by atoms with Crippen molar-refractivity contribution < 1.29 is 0 Å². The molecule has 1 rings (SSSR count). The second-order valence-corrected chi connectivity index (χ2v) is 11.0. The van der Waals surface area contributed by atoms with Gasteiger partial charge in [-0.2, -0.15) is 0 Å². The van der Waals surface area contributed by atoms with E-state index >= 15 is 0 Å². The second-order valence-electron chi connectivity index (χ2n) is 11.0. The zero-order valence-corrected chi connectivity index (χ0v) is 22.5. The Morgan fingerprint density at radius 3 is 2.26 bits per heavy atom. The van der Waals surface area contributed by atoms with Gasteiger partial charge in [0.15, 0.2) is 0 Å². The lowest BCUT2D eigenvalue weighted by atomic mass is 9.75. The third-order valence-electron chi connectivity index (χ3n) is 5.85. The van der Waals surface area contributed by atoms with Gasteiger partial charge >= 0.3 is 0 Å². The lowest BCUT2D eigenvalue weighted by molar-refractivity contribution is 0.257. The molecule has 0 aromatic heterocycles. The molecule has 0 aliphatic heterocycles. The van der Waals surface area contributed by atoms with Gasteiger partial charge in [-0.15, -0.1) is 13.0 Å². The summed E-state index contributed by atoms with van der Waals surface area (Å²) in [6.07, 6.45) is 15.7. The summed E-state index contributed by atoms with van der Waals surface area (Å²) in [5.41, 5.74) is 11.1. The van der Waals surface area contributed by atoms with Gasteiger partial charge in [0.1, 0.15) is 0 Å². The Bertz CT molecular complexity index is 944. The number of hydrogen-bond acceptors (Lipinski definition) is 3. The lowest BCUT2D eigenvalue weighted by Crippen LogP contribution is -2.25. The number of aliphatic imine (C=N–C) groups is 1. The molecule has 0 spiro atoms. The highest BCUT2D eigenvalue weighted by Crippen LogP contribution is 2.38. The molecule has 34 heavy (non-hydrogen) atoms. The Balaban J connectivity index is 3.52. The average Bonchev–Trinajstić information content (AvgIpc) is 2.76. The zero-order valence-electron chi connectivity index (χ0n) is 22.5. The summed E-state index contributed by atoms with van der Waals surface area (Å²) in [7, 11) is 0. The van der Waals surface area contributed by atoms with E-state index in [0.717, 1.165) is 24.1 Å². The van der Waals surface area contributed by atoms with Gasteiger partial charge in [-0.25, -0.2) is 0 Å². The molecular weight excluding hydrogens is 414 g/mol. The molecule has 0 saturated heterocycles. The highest BCUT2D eigenvalue weighted by Gasteiger charge is 2.28. The van der Waals surface area contributed by atoms with Crippen molar-refractivity contribution in [2.45, 2.75) is 67.9 Å². The lowest BCUT2D eigenvalue weighted by Gasteiger charge is -2.33. The smallest absolute Gasteiger partial charge is 0.0875 e. The van der Waals surface area contributed by atoms with Crippen LogP contribution in [0.15, 0.2) is 77.2 Å². The van der Waals surface area contributed by atoms with Crippen molar-refractivity contribution in [1.29, 1.82) is 0 Å². The van der Waals surface area contributed by atoms with E-state index in [0.29, 0.717) is 18.8 Å². The van der Waals surface area contributed by atoms with Gasteiger partial charge < -0.3 is 10.6 Å². The summed E-state index contributed by atoms with van der Waals surface area (Å²) in [6, 6.07) is 8.59. The molecule has 1 unspecified atom stereocenters. The predicted octanol–water partition coefficient (Wildman–Crippen LogP) is 7.42. The highest BCUT2D eigenvalue weighted by molar-refractivity contribution is 5.37. The molecule has 1 atom stereocenters. The van der Waals surface area contributed by atoms with Crippen LogP contribution in [0.25, 0.3) is 0 Å². The van der Waals surface area contributed by atoms with E-state index in [2.05, 4.69) is 101 Å². The molecule has 0 aliphatic rings. The van der Waals surface area contributed by atoms with Crippen LogP contribution in [-0.2, 0) is 6.54 Å². The van der Waals surface area contributed by atoms with Gasteiger partial charge in [0.05, 0.1) is 11.4 Å². The van der Waals surface area contributed by atoms with E-state index in [-0.39, 0.29) is 16.7 Å². The molecule has 1 aromatic rings. The molecule has 0 aliphatic carbocycles. The summed E-state index contributed by atoms with van der Waals surface area (Å²) in [5.74, 6) is 2.84. The Morgan fingerprint density at radius 2 is 1.79 bits per heavy atom. The SMILES string of the molecule is C#C/C(N)=C(/C=C\C)CN(/C=C(\N=C)C(CC(C)(C)C)CC(C)(C)C=C)Cc1ccc(C)cc1. The van der Waals surface area contributed by atoms with Gasteiger partial charge in [-0.05, 0) is 49.8 Å². The van der Waals surface area contributed by atoms with Crippen molar-refractivity contribution in [3.8, 4) is 12.3 Å². The fraction of sp³-hybridized carbons (Fsp3) is 0.452. The number of rotatable bonds is 12. The van der Waals surface area contributed by atoms with Crippen LogP contribution in [0.4, 0.5) is 0 Å². The highest BCUT2D eigenvalue weighted by atomic mass is 15.1. The molecular formula is C31H45N3. The first kappa shape index (κ1) is 29.0. The average molecular weight is 460 g/mol. The van der Waals surface area contributed by atoms with Crippen LogP contribution in [-0.4, -0.2) is 18.2 Å². The van der Waals surface area contributed by atoms with Crippen LogP contribution in [0.1, 0.15) is 65.5 Å². The van der Waals surface area contributed by atoms with Crippen molar-refractivity contribution in [3.63, 3.8) is 0 Å². The molecule has 3 heteroatoms. The number of aryl methyl sites for hydroxylation is 1. The van der Waals surface area contributed by atoms with Crippen molar-refractivity contribution >= 4 is 6.72 Å². The summed E-state index contributed by atoms with van der Waals surface area (Å²) >= 11 is 0. The number of benzene rings is 1. The van der Waals surface area contributed by atoms with Crippen LogP contribution >= 0.6 is 0 Å². The number of allylic oxidation sites excluding steroid dienone is 4. The zero-order chi connectivity index (χ0) is 25.9. The molecule has 0 saturated carbocycles. The fourth-order valence-corrected chi connectivity index (χ4v) is 4.02. The monoisotopic (exact) mass is 459 g/mol. The molecule has 1 aromatic carbocycles. The van der Waals surface area contributed by atoms with Crippen LogP contribution in [0.5, 0.6) is 0 Å². The largest absolute Gasteiger partial charge is 0.392 e. The predicted molar refractivity (Wildman–Crippen MR) is 150 cm³/mol.